The van der Waals surface area contributed by atoms with Gasteiger partial charge in [-0.1, -0.05) is 11.6 Å². The second-order valence-electron chi connectivity index (χ2n) is 8.09. The van der Waals surface area contributed by atoms with Crippen LogP contribution in [0.2, 0.25) is 5.02 Å². The van der Waals surface area contributed by atoms with Crippen molar-refractivity contribution in [2.45, 2.75) is 0 Å². The molecule has 35 heavy (non-hydrogen) atoms. The summed E-state index contributed by atoms with van der Waals surface area (Å²) in [5.41, 5.74) is 2.32. The topological polar surface area (TPSA) is 80.8 Å². The molecular weight excluding hydrogens is 468 g/mol. The summed E-state index contributed by atoms with van der Waals surface area (Å²) in [6.45, 7) is 1.73. The van der Waals surface area contributed by atoms with Crippen LogP contribution in [0, 0.1) is 0 Å². The van der Waals surface area contributed by atoms with Crippen LogP contribution < -0.4 is 4.74 Å². The van der Waals surface area contributed by atoms with Crippen LogP contribution >= 0.6 is 11.6 Å². The van der Waals surface area contributed by atoms with Crippen molar-refractivity contribution in [3.05, 3.63) is 89.3 Å². The number of aromatic nitrogens is 2. The molecule has 8 nitrogen and oxygen atoms in total. The summed E-state index contributed by atoms with van der Waals surface area (Å²) in [6.07, 6.45) is 1.58. The second kappa shape index (κ2) is 9.68. The predicted octanol–water partition coefficient (Wildman–Crippen LogP) is 4.39. The number of furan rings is 1. The van der Waals surface area contributed by atoms with Gasteiger partial charge in [0, 0.05) is 42.8 Å². The van der Waals surface area contributed by atoms with Crippen LogP contribution in [-0.2, 0) is 0 Å². The lowest BCUT2D eigenvalue weighted by molar-refractivity contribution is 0.0532. The molecule has 0 unspecified atom stereocenters. The summed E-state index contributed by atoms with van der Waals surface area (Å²) in [7, 11) is 1.59. The molecule has 3 heterocycles. The van der Waals surface area contributed by atoms with Gasteiger partial charge in [-0.2, -0.15) is 5.10 Å². The van der Waals surface area contributed by atoms with Crippen LogP contribution in [0.3, 0.4) is 0 Å². The van der Waals surface area contributed by atoms with Crippen molar-refractivity contribution < 1.29 is 18.7 Å². The molecule has 2 aromatic carbocycles. The summed E-state index contributed by atoms with van der Waals surface area (Å²) in [6, 6.07) is 19.6. The van der Waals surface area contributed by atoms with E-state index in [4.69, 9.17) is 20.8 Å². The largest absolute Gasteiger partial charge is 0.497 e. The number of hydrogen-bond acceptors (Lipinski definition) is 5. The number of piperazine rings is 1. The molecule has 0 atom stereocenters. The fraction of sp³-hybridized carbons (Fsp3) is 0.192. The first-order valence-electron chi connectivity index (χ1n) is 11.2. The van der Waals surface area contributed by atoms with Gasteiger partial charge in [0.1, 0.15) is 11.4 Å². The van der Waals surface area contributed by atoms with Gasteiger partial charge in [-0.05, 0) is 60.7 Å². The molecule has 1 aliphatic heterocycles. The molecule has 0 radical (unpaired) electrons. The maximum absolute atomic E-state index is 13.3. The molecule has 2 aromatic heterocycles. The Kier molecular flexibility index (Phi) is 6.29. The van der Waals surface area contributed by atoms with Gasteiger partial charge in [0.05, 0.1) is 19.1 Å². The summed E-state index contributed by atoms with van der Waals surface area (Å²) in [4.78, 5) is 29.6. The third-order valence-electron chi connectivity index (χ3n) is 5.96. The highest BCUT2D eigenvalue weighted by molar-refractivity contribution is 6.30. The number of carbonyl (C=O) groups excluding carboxylic acids is 2. The highest BCUT2D eigenvalue weighted by Crippen LogP contribution is 2.26. The highest BCUT2D eigenvalue weighted by Gasteiger charge is 2.28. The minimum atomic E-state index is -0.193. The number of hydrogen-bond donors (Lipinski definition) is 0. The van der Waals surface area contributed by atoms with Crippen molar-refractivity contribution in [1.29, 1.82) is 0 Å². The molecule has 2 amide bonds. The van der Waals surface area contributed by atoms with E-state index in [-0.39, 0.29) is 11.8 Å². The Bertz CT molecular complexity index is 1320. The van der Waals surface area contributed by atoms with Gasteiger partial charge in [-0.3, -0.25) is 9.59 Å². The number of carbonyl (C=O) groups is 2. The van der Waals surface area contributed by atoms with Crippen LogP contribution in [0.1, 0.15) is 20.8 Å². The minimum absolute atomic E-state index is 0.0631. The molecule has 0 N–H and O–H groups in total. The molecule has 1 aliphatic rings. The molecule has 0 spiro atoms. The lowest BCUT2D eigenvalue weighted by atomic mass is 10.1. The highest BCUT2D eigenvalue weighted by atomic mass is 35.5. The Labute approximate surface area is 207 Å². The van der Waals surface area contributed by atoms with Crippen molar-refractivity contribution in [2.24, 2.45) is 0 Å². The Balaban J connectivity index is 1.32. The Morgan fingerprint density at radius 1 is 0.914 bits per heavy atom. The molecule has 5 rings (SSSR count). The van der Waals surface area contributed by atoms with Gasteiger partial charge < -0.3 is 19.0 Å². The van der Waals surface area contributed by atoms with Gasteiger partial charge in [-0.15, -0.1) is 0 Å². The fourth-order valence-corrected chi connectivity index (χ4v) is 4.18. The molecule has 0 saturated carbocycles. The van der Waals surface area contributed by atoms with E-state index in [1.807, 2.05) is 18.2 Å². The second-order valence-corrected chi connectivity index (χ2v) is 8.53. The maximum atomic E-state index is 13.3. The van der Waals surface area contributed by atoms with Crippen LogP contribution in [0.5, 0.6) is 5.75 Å². The van der Waals surface area contributed by atoms with Gasteiger partial charge in [0.15, 0.2) is 11.5 Å². The monoisotopic (exact) mass is 490 g/mol. The van der Waals surface area contributed by atoms with Crippen LogP contribution in [-0.4, -0.2) is 64.7 Å². The predicted molar refractivity (Wildman–Crippen MR) is 131 cm³/mol. The molecule has 178 valence electrons. The third-order valence-corrected chi connectivity index (χ3v) is 6.22. The molecule has 0 bridgehead atoms. The number of halogens is 1. The number of rotatable bonds is 5. The Hall–Kier alpha value is -4.04. The van der Waals surface area contributed by atoms with E-state index >= 15 is 0 Å². The Morgan fingerprint density at radius 2 is 1.57 bits per heavy atom. The maximum Gasteiger partial charge on any atom is 0.274 e. The number of amides is 2. The summed E-state index contributed by atoms with van der Waals surface area (Å²) in [5.74, 6) is 1.04. The van der Waals surface area contributed by atoms with Crippen molar-refractivity contribution in [3.63, 3.8) is 0 Å². The van der Waals surface area contributed by atoms with Crippen molar-refractivity contribution in [1.82, 2.24) is 19.6 Å². The van der Waals surface area contributed by atoms with E-state index in [0.717, 1.165) is 5.69 Å². The minimum Gasteiger partial charge on any atom is -0.497 e. The first-order valence-corrected chi connectivity index (χ1v) is 11.5. The van der Waals surface area contributed by atoms with E-state index in [0.29, 0.717) is 59.7 Å². The molecule has 1 saturated heterocycles. The zero-order chi connectivity index (χ0) is 24.4. The van der Waals surface area contributed by atoms with Crippen LogP contribution in [0.4, 0.5) is 0 Å². The van der Waals surface area contributed by atoms with E-state index in [2.05, 4.69) is 5.10 Å². The van der Waals surface area contributed by atoms with E-state index < -0.39 is 0 Å². The molecule has 1 fully saturated rings. The zero-order valence-corrected chi connectivity index (χ0v) is 19.8. The number of methoxy groups -OCH3 is 1. The van der Waals surface area contributed by atoms with Crippen LogP contribution in [0.15, 0.2) is 77.4 Å². The fourth-order valence-electron chi connectivity index (χ4n) is 4.06. The first kappa shape index (κ1) is 22.7. The third kappa shape index (κ3) is 4.65. The zero-order valence-electron chi connectivity index (χ0n) is 19.1. The molecule has 4 aromatic rings. The molecule has 9 heteroatoms. The summed E-state index contributed by atoms with van der Waals surface area (Å²) < 4.78 is 12.4. The van der Waals surface area contributed by atoms with E-state index in [1.165, 1.54) is 0 Å². The van der Waals surface area contributed by atoms with Crippen LogP contribution in [0.25, 0.3) is 17.1 Å². The summed E-state index contributed by atoms with van der Waals surface area (Å²) >= 11 is 6.04. The van der Waals surface area contributed by atoms with E-state index in [9.17, 15) is 9.59 Å². The lowest BCUT2D eigenvalue weighted by Crippen LogP contribution is -2.50. The lowest BCUT2D eigenvalue weighted by Gasteiger charge is -2.34. The molecular formula is C26H23ClN4O4. The summed E-state index contributed by atoms with van der Waals surface area (Å²) in [5, 5.41) is 5.20. The van der Waals surface area contributed by atoms with Gasteiger partial charge in [-0.25, -0.2) is 4.68 Å². The number of nitrogens with zero attached hydrogens (tertiary/aromatic N) is 4. The van der Waals surface area contributed by atoms with Crippen molar-refractivity contribution in [2.75, 3.05) is 33.3 Å². The average molecular weight is 491 g/mol. The SMILES string of the molecule is COc1ccc(C(=O)N2CCN(C(=O)c3cc(-c4ccco4)n(-c4ccc(Cl)cc4)n3)CC2)cc1. The van der Waals surface area contributed by atoms with Gasteiger partial charge in [0.2, 0.25) is 0 Å². The van der Waals surface area contributed by atoms with E-state index in [1.54, 1.807) is 76.4 Å². The molecule has 0 aliphatic carbocycles. The smallest absolute Gasteiger partial charge is 0.274 e. The van der Waals surface area contributed by atoms with Crippen molar-refractivity contribution >= 4 is 23.4 Å². The van der Waals surface area contributed by atoms with Crippen molar-refractivity contribution in [3.8, 4) is 22.9 Å². The number of benzene rings is 2. The normalized spacial score (nSPS) is 13.7. The first-order chi connectivity index (χ1) is 17.0. The van der Waals surface area contributed by atoms with Gasteiger partial charge >= 0.3 is 0 Å². The number of ether oxygens (including phenoxy) is 1. The Morgan fingerprint density at radius 3 is 2.17 bits per heavy atom. The average Bonchev–Trinajstić information content (AvgIpc) is 3.59. The van der Waals surface area contributed by atoms with Gasteiger partial charge in [0.25, 0.3) is 11.8 Å². The quantitative estimate of drug-likeness (QED) is 0.414. The standard InChI is InChI=1S/C26H23ClN4O4/c1-34-21-10-4-18(5-11-21)25(32)29-12-14-30(15-13-29)26(33)22-17-23(24-3-2-16-35-24)31(28-22)20-8-6-19(27)7-9-20/h2-11,16-17H,12-15H2,1H3.